The zero-order chi connectivity index (χ0) is 18.3. The zero-order valence-corrected chi connectivity index (χ0v) is 15.3. The molecule has 0 radical (unpaired) electrons. The lowest BCUT2D eigenvalue weighted by Gasteiger charge is -2.31. The number of carbonyl (C=O) groups excluding carboxylic acids is 2. The Hall–Kier alpha value is -2.59. The van der Waals surface area contributed by atoms with Crippen molar-refractivity contribution in [2.24, 2.45) is 0 Å². The molecule has 4 rings (SSSR count). The fourth-order valence-electron chi connectivity index (χ4n) is 3.57. The molecule has 2 aromatic rings. The van der Waals surface area contributed by atoms with Crippen LogP contribution in [0.1, 0.15) is 23.6 Å². The fourth-order valence-corrected chi connectivity index (χ4v) is 3.85. The number of fused-ring (bicyclic) bond motifs is 1. The van der Waals surface area contributed by atoms with Gasteiger partial charge in [-0.15, -0.1) is 0 Å². The Labute approximate surface area is 157 Å². The Kier molecular flexibility index (Phi) is 4.29. The average molecular weight is 367 g/mol. The Balaban J connectivity index is 1.63. The lowest BCUT2D eigenvalue weighted by Crippen LogP contribution is -2.37. The summed E-state index contributed by atoms with van der Waals surface area (Å²) in [6.07, 6.45) is 1.73. The van der Waals surface area contributed by atoms with Crippen LogP contribution in [0, 0.1) is 0 Å². The Bertz CT molecular complexity index is 918. The number of aryl methyl sites for hydroxylation is 1. The van der Waals surface area contributed by atoms with E-state index in [-0.39, 0.29) is 10.9 Å². The van der Waals surface area contributed by atoms with Crippen LogP contribution in [0.15, 0.2) is 59.3 Å². The lowest BCUT2D eigenvalue weighted by atomic mass is 9.99. The molecule has 132 valence electrons. The maximum Gasteiger partial charge on any atom is 0.283 e. The number of benzene rings is 2. The fraction of sp³-hybridized carbons (Fsp3) is 0.238. The van der Waals surface area contributed by atoms with Crippen molar-refractivity contribution in [1.82, 2.24) is 4.90 Å². The van der Waals surface area contributed by atoms with E-state index in [2.05, 4.69) is 19.1 Å². The van der Waals surface area contributed by atoms with Crippen molar-refractivity contribution in [3.8, 4) is 0 Å². The second kappa shape index (κ2) is 6.61. The molecular formula is C21H19ClN2O2. The highest BCUT2D eigenvalue weighted by atomic mass is 35.5. The number of hydrogen-bond donors (Lipinski definition) is 0. The van der Waals surface area contributed by atoms with Crippen LogP contribution in [-0.2, 0) is 29.0 Å². The normalized spacial score (nSPS) is 17.2. The van der Waals surface area contributed by atoms with E-state index in [0.717, 1.165) is 18.4 Å². The first kappa shape index (κ1) is 16.9. The van der Waals surface area contributed by atoms with E-state index >= 15 is 0 Å². The van der Waals surface area contributed by atoms with Gasteiger partial charge in [-0.2, -0.15) is 0 Å². The molecule has 0 N–H and O–H groups in total. The first-order chi connectivity index (χ1) is 12.6. The minimum atomic E-state index is -0.449. The second-order valence-electron chi connectivity index (χ2n) is 6.57. The monoisotopic (exact) mass is 366 g/mol. The summed E-state index contributed by atoms with van der Waals surface area (Å²) in [5.41, 5.74) is 4.47. The average Bonchev–Trinajstić information content (AvgIpc) is 2.90. The highest BCUT2D eigenvalue weighted by Gasteiger charge is 2.41. The summed E-state index contributed by atoms with van der Waals surface area (Å²) in [6, 6.07) is 15.6. The molecule has 2 aliphatic heterocycles. The Morgan fingerprint density at radius 3 is 2.35 bits per heavy atom. The largest absolute Gasteiger partial charge is 0.361 e. The van der Waals surface area contributed by atoms with Gasteiger partial charge in [-0.3, -0.25) is 9.59 Å². The van der Waals surface area contributed by atoms with Crippen molar-refractivity contribution in [3.63, 3.8) is 0 Å². The molecule has 2 heterocycles. The topological polar surface area (TPSA) is 40.6 Å². The number of carbonyl (C=O) groups is 2. The number of hydrogen-bond acceptors (Lipinski definition) is 3. The van der Waals surface area contributed by atoms with E-state index in [9.17, 15) is 9.59 Å². The van der Waals surface area contributed by atoms with Gasteiger partial charge < -0.3 is 4.90 Å². The summed E-state index contributed by atoms with van der Waals surface area (Å²) in [7, 11) is 0. The van der Waals surface area contributed by atoms with Gasteiger partial charge >= 0.3 is 0 Å². The molecule has 5 heteroatoms. The first-order valence-electron chi connectivity index (χ1n) is 8.79. The highest BCUT2D eigenvalue weighted by Crippen LogP contribution is 2.33. The van der Waals surface area contributed by atoms with Crippen LogP contribution in [0.4, 0.5) is 5.69 Å². The molecule has 0 saturated carbocycles. The van der Waals surface area contributed by atoms with E-state index in [4.69, 9.17) is 11.6 Å². The summed E-state index contributed by atoms with van der Waals surface area (Å²) in [6.45, 7) is 3.32. The van der Waals surface area contributed by atoms with Crippen molar-refractivity contribution in [2.45, 2.75) is 26.3 Å². The van der Waals surface area contributed by atoms with Gasteiger partial charge in [-0.1, -0.05) is 54.9 Å². The molecule has 0 spiro atoms. The third-order valence-electron chi connectivity index (χ3n) is 5.05. The van der Waals surface area contributed by atoms with Crippen LogP contribution >= 0.6 is 11.6 Å². The molecular weight excluding hydrogens is 348 g/mol. The van der Waals surface area contributed by atoms with E-state index in [1.165, 1.54) is 16.0 Å². The van der Waals surface area contributed by atoms with Gasteiger partial charge in [0, 0.05) is 13.1 Å². The number of rotatable bonds is 3. The van der Waals surface area contributed by atoms with Gasteiger partial charge in [0.15, 0.2) is 0 Å². The van der Waals surface area contributed by atoms with Crippen LogP contribution in [0.25, 0.3) is 0 Å². The Morgan fingerprint density at radius 1 is 0.962 bits per heavy atom. The molecule has 2 amide bonds. The maximum absolute atomic E-state index is 13.0. The number of nitrogens with zero attached hydrogens (tertiary/aromatic N) is 2. The molecule has 2 aromatic carbocycles. The lowest BCUT2D eigenvalue weighted by molar-refractivity contribution is -0.121. The third kappa shape index (κ3) is 2.71. The van der Waals surface area contributed by atoms with Crippen molar-refractivity contribution >= 4 is 29.1 Å². The third-order valence-corrected chi connectivity index (χ3v) is 5.39. The number of halogens is 1. The molecule has 2 aliphatic rings. The molecule has 0 bridgehead atoms. The molecule has 0 atom stereocenters. The molecule has 0 aliphatic carbocycles. The zero-order valence-electron chi connectivity index (χ0n) is 14.5. The number of anilines is 1. The van der Waals surface area contributed by atoms with Crippen LogP contribution in [0.5, 0.6) is 0 Å². The van der Waals surface area contributed by atoms with Gasteiger partial charge in [0.1, 0.15) is 10.7 Å². The predicted molar refractivity (Wildman–Crippen MR) is 102 cm³/mol. The summed E-state index contributed by atoms with van der Waals surface area (Å²) >= 11 is 6.31. The summed E-state index contributed by atoms with van der Waals surface area (Å²) in [4.78, 5) is 28.8. The predicted octanol–water partition coefficient (Wildman–Crippen LogP) is 3.63. The Morgan fingerprint density at radius 2 is 1.65 bits per heavy atom. The van der Waals surface area contributed by atoms with Crippen molar-refractivity contribution in [1.29, 1.82) is 0 Å². The van der Waals surface area contributed by atoms with Crippen molar-refractivity contribution in [2.75, 3.05) is 11.4 Å². The number of amides is 2. The molecule has 4 nitrogen and oxygen atoms in total. The van der Waals surface area contributed by atoms with E-state index in [0.29, 0.717) is 24.5 Å². The smallest absolute Gasteiger partial charge is 0.283 e. The molecule has 0 saturated heterocycles. The molecule has 0 fully saturated rings. The summed E-state index contributed by atoms with van der Waals surface area (Å²) < 4.78 is 0. The molecule has 0 unspecified atom stereocenters. The minimum absolute atomic E-state index is 0.00829. The van der Waals surface area contributed by atoms with Gasteiger partial charge in [0.25, 0.3) is 11.8 Å². The standard InChI is InChI=1S/C21H19ClN2O2/c1-2-14-7-9-17(10-8-14)24-20(25)18(22)19(21(24)26)23-12-11-15-5-3-4-6-16(15)13-23/h3-10H,2,11-13H2,1H3. The van der Waals surface area contributed by atoms with Gasteiger partial charge in [0.2, 0.25) is 0 Å². The second-order valence-corrected chi connectivity index (χ2v) is 6.95. The summed E-state index contributed by atoms with van der Waals surface area (Å²) in [5, 5.41) is 0.00829. The SMILES string of the molecule is CCc1ccc(N2C(=O)C(Cl)=C(N3CCc4ccccc4C3)C2=O)cc1. The van der Waals surface area contributed by atoms with Gasteiger partial charge in [0.05, 0.1) is 5.69 Å². The van der Waals surface area contributed by atoms with Crippen LogP contribution < -0.4 is 4.90 Å². The van der Waals surface area contributed by atoms with E-state index in [1.807, 2.05) is 29.2 Å². The quantitative estimate of drug-likeness (QED) is 0.779. The van der Waals surface area contributed by atoms with Crippen LogP contribution in [0.3, 0.4) is 0 Å². The maximum atomic E-state index is 13.0. The summed E-state index contributed by atoms with van der Waals surface area (Å²) in [5.74, 6) is -0.793. The van der Waals surface area contributed by atoms with Crippen molar-refractivity contribution in [3.05, 3.63) is 76.0 Å². The highest BCUT2D eigenvalue weighted by molar-refractivity contribution is 6.52. The van der Waals surface area contributed by atoms with E-state index < -0.39 is 5.91 Å². The van der Waals surface area contributed by atoms with Crippen LogP contribution in [-0.4, -0.2) is 23.3 Å². The minimum Gasteiger partial charge on any atom is -0.361 e. The first-order valence-corrected chi connectivity index (χ1v) is 9.17. The molecule has 0 aromatic heterocycles. The van der Waals surface area contributed by atoms with Crippen LogP contribution in [0.2, 0.25) is 0 Å². The van der Waals surface area contributed by atoms with Gasteiger partial charge in [-0.05, 0) is 41.7 Å². The van der Waals surface area contributed by atoms with Gasteiger partial charge in [-0.25, -0.2) is 4.90 Å². The number of imide groups is 1. The van der Waals surface area contributed by atoms with E-state index in [1.54, 1.807) is 12.1 Å². The molecule has 26 heavy (non-hydrogen) atoms. The van der Waals surface area contributed by atoms with Crippen molar-refractivity contribution < 1.29 is 9.59 Å².